The normalized spacial score (nSPS) is 21.0. The summed E-state index contributed by atoms with van der Waals surface area (Å²) >= 11 is 0. The molecule has 0 spiro atoms. The van der Waals surface area contributed by atoms with Crippen molar-refractivity contribution >= 4 is 11.9 Å². The van der Waals surface area contributed by atoms with Crippen LogP contribution >= 0.6 is 0 Å². The standard InChI is InChI=1S/C17H30N2O5/c1-4-22-11-15(24-17(21)14(3)10-19-7-8-19)12-23-16(20)13(2)9-18-5-6-18/h13-15H,4-12H2,1-3H3. The van der Waals surface area contributed by atoms with Crippen molar-refractivity contribution in [1.82, 2.24) is 9.80 Å². The van der Waals surface area contributed by atoms with Gasteiger partial charge in [0.1, 0.15) is 6.61 Å². The third-order valence-corrected chi connectivity index (χ3v) is 4.15. The van der Waals surface area contributed by atoms with E-state index in [1.54, 1.807) is 0 Å². The Balaban J connectivity index is 1.73. The summed E-state index contributed by atoms with van der Waals surface area (Å²) in [5.74, 6) is -0.872. The highest BCUT2D eigenvalue weighted by atomic mass is 16.6. The summed E-state index contributed by atoms with van der Waals surface area (Å²) in [6, 6.07) is 0. The van der Waals surface area contributed by atoms with Crippen LogP contribution in [0.2, 0.25) is 0 Å². The average Bonchev–Trinajstić information content (AvgIpc) is 3.45. The zero-order valence-electron chi connectivity index (χ0n) is 15.0. The molecule has 24 heavy (non-hydrogen) atoms. The topological polar surface area (TPSA) is 67.9 Å². The maximum atomic E-state index is 12.2. The van der Waals surface area contributed by atoms with Crippen LogP contribution in [0.15, 0.2) is 0 Å². The van der Waals surface area contributed by atoms with Gasteiger partial charge in [-0.25, -0.2) is 0 Å². The molecule has 0 aromatic carbocycles. The lowest BCUT2D eigenvalue weighted by Gasteiger charge is -2.21. The van der Waals surface area contributed by atoms with Gasteiger partial charge in [0, 0.05) is 45.9 Å². The van der Waals surface area contributed by atoms with Crippen LogP contribution in [0.1, 0.15) is 20.8 Å². The Morgan fingerprint density at radius 3 is 1.96 bits per heavy atom. The van der Waals surface area contributed by atoms with Gasteiger partial charge in [-0.1, -0.05) is 13.8 Å². The third-order valence-electron chi connectivity index (χ3n) is 4.15. The number of hydrogen-bond donors (Lipinski definition) is 0. The lowest BCUT2D eigenvalue weighted by molar-refractivity contribution is -0.167. The molecule has 0 aromatic heterocycles. The smallest absolute Gasteiger partial charge is 0.310 e. The SMILES string of the molecule is CCOCC(COC(=O)C(C)CN1CC1)OC(=O)C(C)CN1CC1. The molecule has 0 amide bonds. The van der Waals surface area contributed by atoms with Gasteiger partial charge >= 0.3 is 11.9 Å². The van der Waals surface area contributed by atoms with E-state index in [1.165, 1.54) is 0 Å². The van der Waals surface area contributed by atoms with E-state index in [-0.39, 0.29) is 37.0 Å². The first-order chi connectivity index (χ1) is 11.5. The molecule has 3 atom stereocenters. The molecule has 0 aliphatic carbocycles. The highest BCUT2D eigenvalue weighted by molar-refractivity contribution is 5.73. The van der Waals surface area contributed by atoms with Crippen LogP contribution in [-0.4, -0.2) is 86.9 Å². The molecule has 138 valence electrons. The molecular weight excluding hydrogens is 312 g/mol. The van der Waals surface area contributed by atoms with Crippen LogP contribution in [0, 0.1) is 11.8 Å². The number of carbonyl (C=O) groups is 2. The maximum absolute atomic E-state index is 12.2. The number of hydrogen-bond acceptors (Lipinski definition) is 7. The molecule has 0 bridgehead atoms. The summed E-state index contributed by atoms with van der Waals surface area (Å²) < 4.78 is 16.2. The Kier molecular flexibility index (Phi) is 7.45. The van der Waals surface area contributed by atoms with Gasteiger partial charge in [-0.05, 0) is 6.92 Å². The fourth-order valence-electron chi connectivity index (χ4n) is 2.39. The monoisotopic (exact) mass is 342 g/mol. The molecule has 2 rings (SSSR count). The number of ether oxygens (including phenoxy) is 3. The molecule has 0 saturated carbocycles. The van der Waals surface area contributed by atoms with Crippen molar-refractivity contribution in [3.63, 3.8) is 0 Å². The molecule has 0 N–H and O–H groups in total. The summed E-state index contributed by atoms with van der Waals surface area (Å²) in [7, 11) is 0. The van der Waals surface area contributed by atoms with Crippen molar-refractivity contribution in [1.29, 1.82) is 0 Å². The molecule has 3 unspecified atom stereocenters. The van der Waals surface area contributed by atoms with Gasteiger partial charge in [-0.15, -0.1) is 0 Å². The minimum absolute atomic E-state index is 0.0470. The van der Waals surface area contributed by atoms with E-state index in [9.17, 15) is 9.59 Å². The summed E-state index contributed by atoms with van der Waals surface area (Å²) in [5, 5.41) is 0. The fraction of sp³-hybridized carbons (Fsp3) is 0.882. The van der Waals surface area contributed by atoms with E-state index >= 15 is 0 Å². The molecule has 2 heterocycles. The van der Waals surface area contributed by atoms with Crippen molar-refractivity contribution in [2.75, 3.05) is 59.1 Å². The highest BCUT2D eigenvalue weighted by Crippen LogP contribution is 2.13. The van der Waals surface area contributed by atoms with Gasteiger partial charge in [0.2, 0.25) is 0 Å². The van der Waals surface area contributed by atoms with Crippen LogP contribution in [0.5, 0.6) is 0 Å². The molecule has 2 fully saturated rings. The van der Waals surface area contributed by atoms with E-state index in [2.05, 4.69) is 9.80 Å². The highest BCUT2D eigenvalue weighted by Gasteiger charge is 2.28. The van der Waals surface area contributed by atoms with Crippen molar-refractivity contribution in [3.05, 3.63) is 0 Å². The third kappa shape index (κ3) is 7.15. The minimum atomic E-state index is -0.550. The van der Waals surface area contributed by atoms with Crippen molar-refractivity contribution < 1.29 is 23.8 Å². The molecule has 0 aromatic rings. The lowest BCUT2D eigenvalue weighted by Crippen LogP contribution is -2.34. The van der Waals surface area contributed by atoms with Gasteiger partial charge in [0.15, 0.2) is 6.10 Å². The Labute approximate surface area is 144 Å². The Morgan fingerprint density at radius 2 is 1.46 bits per heavy atom. The number of nitrogens with zero attached hydrogens (tertiary/aromatic N) is 2. The van der Waals surface area contributed by atoms with E-state index in [4.69, 9.17) is 14.2 Å². The predicted molar refractivity (Wildman–Crippen MR) is 88.5 cm³/mol. The summed E-state index contributed by atoms with van der Waals surface area (Å²) in [4.78, 5) is 28.5. The molecule has 7 nitrogen and oxygen atoms in total. The second kappa shape index (κ2) is 9.34. The minimum Gasteiger partial charge on any atom is -0.461 e. The zero-order valence-corrected chi connectivity index (χ0v) is 15.0. The maximum Gasteiger partial charge on any atom is 0.310 e. The molecular formula is C17H30N2O5. The van der Waals surface area contributed by atoms with Crippen molar-refractivity contribution in [3.8, 4) is 0 Å². The molecule has 2 aliphatic heterocycles. The average molecular weight is 342 g/mol. The van der Waals surface area contributed by atoms with E-state index in [0.717, 1.165) is 32.7 Å². The van der Waals surface area contributed by atoms with E-state index in [1.807, 2.05) is 20.8 Å². The van der Waals surface area contributed by atoms with Crippen LogP contribution in [-0.2, 0) is 23.8 Å². The lowest BCUT2D eigenvalue weighted by atomic mass is 10.2. The second-order valence-electron chi connectivity index (χ2n) is 6.75. The van der Waals surface area contributed by atoms with Gasteiger partial charge in [-0.3, -0.25) is 19.4 Å². The van der Waals surface area contributed by atoms with Crippen molar-refractivity contribution in [2.45, 2.75) is 26.9 Å². The zero-order chi connectivity index (χ0) is 17.5. The molecule has 0 radical (unpaired) electrons. The molecule has 2 saturated heterocycles. The van der Waals surface area contributed by atoms with Gasteiger partial charge in [0.05, 0.1) is 18.4 Å². The number of rotatable bonds is 12. The fourth-order valence-corrected chi connectivity index (χ4v) is 2.39. The molecule has 7 heteroatoms. The van der Waals surface area contributed by atoms with Gasteiger partial charge in [-0.2, -0.15) is 0 Å². The first-order valence-electron chi connectivity index (χ1n) is 8.89. The van der Waals surface area contributed by atoms with Crippen LogP contribution in [0.3, 0.4) is 0 Å². The van der Waals surface area contributed by atoms with E-state index < -0.39 is 6.10 Å². The first-order valence-corrected chi connectivity index (χ1v) is 8.89. The second-order valence-corrected chi connectivity index (χ2v) is 6.75. The number of esters is 2. The Hall–Kier alpha value is -1.18. The van der Waals surface area contributed by atoms with Crippen LogP contribution in [0.25, 0.3) is 0 Å². The van der Waals surface area contributed by atoms with E-state index in [0.29, 0.717) is 13.2 Å². The quantitative estimate of drug-likeness (QED) is 0.375. The van der Waals surface area contributed by atoms with Gasteiger partial charge in [0.25, 0.3) is 0 Å². The predicted octanol–water partition coefficient (Wildman–Crippen LogP) is 0.381. The number of carbonyl (C=O) groups excluding carboxylic acids is 2. The summed E-state index contributed by atoms with van der Waals surface area (Å²) in [6.07, 6.45) is -0.550. The van der Waals surface area contributed by atoms with Crippen LogP contribution in [0.4, 0.5) is 0 Å². The molecule has 2 aliphatic rings. The van der Waals surface area contributed by atoms with Gasteiger partial charge < -0.3 is 14.2 Å². The Morgan fingerprint density at radius 1 is 0.917 bits per heavy atom. The summed E-state index contributed by atoms with van der Waals surface area (Å²) in [5.41, 5.74) is 0. The van der Waals surface area contributed by atoms with Crippen molar-refractivity contribution in [2.24, 2.45) is 11.8 Å². The first kappa shape index (κ1) is 19.1. The van der Waals surface area contributed by atoms with Crippen LogP contribution < -0.4 is 0 Å². The Bertz CT molecular complexity index is 423. The largest absolute Gasteiger partial charge is 0.461 e. The summed E-state index contributed by atoms with van der Waals surface area (Å²) in [6.45, 7) is 12.0.